The quantitative estimate of drug-likeness (QED) is 0.683. The zero-order chi connectivity index (χ0) is 16.9. The molecule has 3 aromatic rings. The average Bonchev–Trinajstić information content (AvgIpc) is 3.24. The summed E-state index contributed by atoms with van der Waals surface area (Å²) in [6.45, 7) is 2.02. The molecule has 0 saturated carbocycles. The molecule has 3 rings (SSSR count). The molecule has 6 nitrogen and oxygen atoms in total. The highest BCUT2D eigenvalue weighted by molar-refractivity contribution is 7.99. The first kappa shape index (κ1) is 16.5. The predicted molar refractivity (Wildman–Crippen MR) is 96.3 cm³/mol. The minimum absolute atomic E-state index is 0.110. The number of benzene rings is 1. The van der Waals surface area contributed by atoms with Crippen LogP contribution < -0.4 is 10.1 Å². The number of methoxy groups -OCH3 is 1. The fourth-order valence-electron chi connectivity index (χ4n) is 2.14. The Morgan fingerprint density at radius 3 is 3.00 bits per heavy atom. The first-order valence-corrected chi connectivity index (χ1v) is 9.04. The van der Waals surface area contributed by atoms with Crippen LogP contribution in [0, 0.1) is 6.92 Å². The average molecular weight is 360 g/mol. The molecule has 8 heteroatoms. The Morgan fingerprint density at radius 2 is 2.25 bits per heavy atom. The molecule has 0 atom stereocenters. The van der Waals surface area contributed by atoms with Gasteiger partial charge in [-0.3, -0.25) is 9.36 Å². The Bertz CT molecular complexity index is 830. The van der Waals surface area contributed by atoms with E-state index in [2.05, 4.69) is 15.3 Å². The summed E-state index contributed by atoms with van der Waals surface area (Å²) in [4.78, 5) is 20.4. The minimum Gasteiger partial charge on any atom is -0.495 e. The third-order valence-electron chi connectivity index (χ3n) is 3.21. The van der Waals surface area contributed by atoms with E-state index in [9.17, 15) is 4.79 Å². The number of imidazole rings is 1. The number of hydrogen-bond acceptors (Lipinski definition) is 6. The van der Waals surface area contributed by atoms with Gasteiger partial charge in [0.05, 0.1) is 18.6 Å². The van der Waals surface area contributed by atoms with E-state index in [1.165, 1.54) is 23.1 Å². The van der Waals surface area contributed by atoms with Gasteiger partial charge in [-0.2, -0.15) is 0 Å². The van der Waals surface area contributed by atoms with Crippen LogP contribution in [0.25, 0.3) is 5.69 Å². The fraction of sp³-hybridized carbons (Fsp3) is 0.188. The van der Waals surface area contributed by atoms with Gasteiger partial charge in [0.25, 0.3) is 0 Å². The number of aryl methyl sites for hydroxylation is 1. The van der Waals surface area contributed by atoms with Crippen molar-refractivity contribution in [3.63, 3.8) is 0 Å². The number of thiazole rings is 1. The largest absolute Gasteiger partial charge is 0.495 e. The molecule has 2 aromatic heterocycles. The first-order valence-electron chi connectivity index (χ1n) is 7.18. The van der Waals surface area contributed by atoms with E-state index in [1.54, 1.807) is 19.5 Å². The van der Waals surface area contributed by atoms with Crippen molar-refractivity contribution in [3.8, 4) is 11.4 Å². The maximum atomic E-state index is 12.0. The van der Waals surface area contributed by atoms with Gasteiger partial charge in [0.1, 0.15) is 5.75 Å². The van der Waals surface area contributed by atoms with Gasteiger partial charge in [-0.1, -0.05) is 17.8 Å². The van der Waals surface area contributed by atoms with Crippen molar-refractivity contribution in [1.29, 1.82) is 0 Å². The van der Waals surface area contributed by atoms with Crippen LogP contribution in [0.5, 0.6) is 5.75 Å². The van der Waals surface area contributed by atoms with Crippen molar-refractivity contribution in [2.45, 2.75) is 12.1 Å². The molecule has 0 aliphatic carbocycles. The monoisotopic (exact) mass is 360 g/mol. The number of aromatic nitrogens is 3. The molecule has 0 spiro atoms. The van der Waals surface area contributed by atoms with Gasteiger partial charge in [0, 0.05) is 24.0 Å². The van der Waals surface area contributed by atoms with Crippen molar-refractivity contribution in [3.05, 3.63) is 47.7 Å². The number of amides is 1. The number of anilines is 1. The number of carbonyl (C=O) groups excluding carboxylic acids is 1. The summed E-state index contributed by atoms with van der Waals surface area (Å²) < 4.78 is 7.35. The smallest absolute Gasteiger partial charge is 0.236 e. The van der Waals surface area contributed by atoms with E-state index in [1.807, 2.05) is 41.3 Å². The van der Waals surface area contributed by atoms with Gasteiger partial charge in [0.2, 0.25) is 5.91 Å². The van der Waals surface area contributed by atoms with Gasteiger partial charge in [0.15, 0.2) is 10.3 Å². The lowest BCUT2D eigenvalue weighted by atomic mass is 10.2. The predicted octanol–water partition coefficient (Wildman–Crippen LogP) is 3.38. The Morgan fingerprint density at radius 1 is 1.38 bits per heavy atom. The summed E-state index contributed by atoms with van der Waals surface area (Å²) in [6, 6.07) is 5.95. The van der Waals surface area contributed by atoms with Gasteiger partial charge in [-0.15, -0.1) is 11.3 Å². The lowest BCUT2D eigenvalue weighted by molar-refractivity contribution is -0.113. The van der Waals surface area contributed by atoms with Crippen LogP contribution in [0.4, 0.5) is 5.13 Å². The van der Waals surface area contributed by atoms with Gasteiger partial charge >= 0.3 is 0 Å². The third-order valence-corrected chi connectivity index (χ3v) is 4.87. The summed E-state index contributed by atoms with van der Waals surface area (Å²) in [7, 11) is 1.64. The number of rotatable bonds is 6. The molecule has 0 aliphatic rings. The number of nitrogens with zero attached hydrogens (tertiary/aromatic N) is 3. The number of carbonyl (C=O) groups is 1. The van der Waals surface area contributed by atoms with Crippen molar-refractivity contribution in [2.24, 2.45) is 0 Å². The SMILES string of the molecule is COc1ccc(C)cc1-n1ccnc1SCC(=O)Nc1nccs1. The first-order chi connectivity index (χ1) is 11.7. The van der Waals surface area contributed by atoms with E-state index >= 15 is 0 Å². The van der Waals surface area contributed by atoms with Gasteiger partial charge in [-0.25, -0.2) is 9.97 Å². The summed E-state index contributed by atoms with van der Waals surface area (Å²) >= 11 is 2.76. The molecule has 1 aromatic carbocycles. The summed E-state index contributed by atoms with van der Waals surface area (Å²) in [5.41, 5.74) is 2.02. The highest BCUT2D eigenvalue weighted by Crippen LogP contribution is 2.28. The molecule has 2 heterocycles. The Hall–Kier alpha value is -2.32. The van der Waals surface area contributed by atoms with Crippen molar-refractivity contribution < 1.29 is 9.53 Å². The van der Waals surface area contributed by atoms with Crippen LogP contribution in [0.15, 0.2) is 47.3 Å². The van der Waals surface area contributed by atoms with Crippen LogP contribution in [-0.2, 0) is 4.79 Å². The second kappa shape index (κ2) is 7.50. The molecule has 24 heavy (non-hydrogen) atoms. The Kier molecular flexibility index (Phi) is 5.17. The third kappa shape index (κ3) is 3.77. The number of ether oxygens (including phenoxy) is 1. The second-order valence-electron chi connectivity index (χ2n) is 4.93. The molecule has 124 valence electrons. The zero-order valence-corrected chi connectivity index (χ0v) is 14.9. The highest BCUT2D eigenvalue weighted by atomic mass is 32.2. The lowest BCUT2D eigenvalue weighted by Gasteiger charge is -2.12. The van der Waals surface area contributed by atoms with Crippen LogP contribution in [0.3, 0.4) is 0 Å². The van der Waals surface area contributed by atoms with E-state index < -0.39 is 0 Å². The number of thioether (sulfide) groups is 1. The van der Waals surface area contributed by atoms with Crippen molar-refractivity contribution >= 4 is 34.1 Å². The molecular formula is C16H16N4O2S2. The Balaban J connectivity index is 1.74. The topological polar surface area (TPSA) is 69.0 Å². The van der Waals surface area contributed by atoms with E-state index in [-0.39, 0.29) is 11.7 Å². The van der Waals surface area contributed by atoms with Crippen LogP contribution in [-0.4, -0.2) is 33.3 Å². The fourth-order valence-corrected chi connectivity index (χ4v) is 3.45. The summed E-state index contributed by atoms with van der Waals surface area (Å²) in [5, 5.41) is 5.91. The number of hydrogen-bond donors (Lipinski definition) is 1. The normalized spacial score (nSPS) is 10.6. The van der Waals surface area contributed by atoms with E-state index in [0.717, 1.165) is 22.2 Å². The highest BCUT2D eigenvalue weighted by Gasteiger charge is 2.13. The van der Waals surface area contributed by atoms with Crippen molar-refractivity contribution in [1.82, 2.24) is 14.5 Å². The molecular weight excluding hydrogens is 344 g/mol. The molecule has 0 unspecified atom stereocenters. The second-order valence-corrected chi connectivity index (χ2v) is 6.77. The summed E-state index contributed by atoms with van der Waals surface area (Å²) in [6.07, 6.45) is 5.23. The van der Waals surface area contributed by atoms with E-state index in [0.29, 0.717) is 5.13 Å². The van der Waals surface area contributed by atoms with Gasteiger partial charge in [-0.05, 0) is 24.6 Å². The van der Waals surface area contributed by atoms with Gasteiger partial charge < -0.3 is 10.1 Å². The molecule has 0 aliphatic heterocycles. The minimum atomic E-state index is -0.110. The van der Waals surface area contributed by atoms with Crippen LogP contribution in [0.1, 0.15) is 5.56 Å². The summed E-state index contributed by atoms with van der Waals surface area (Å²) in [5.74, 6) is 0.901. The maximum Gasteiger partial charge on any atom is 0.236 e. The van der Waals surface area contributed by atoms with Crippen LogP contribution in [0.2, 0.25) is 0 Å². The van der Waals surface area contributed by atoms with Crippen molar-refractivity contribution in [2.75, 3.05) is 18.2 Å². The lowest BCUT2D eigenvalue weighted by Crippen LogP contribution is -2.14. The molecule has 1 N–H and O–H groups in total. The molecule has 0 saturated heterocycles. The number of nitrogens with one attached hydrogen (secondary N) is 1. The molecule has 0 fully saturated rings. The molecule has 1 amide bonds. The standard InChI is InChI=1S/C16H16N4O2S2/c1-11-3-4-13(22-2)12(9-11)20-7-5-18-16(20)24-10-14(21)19-15-17-6-8-23-15/h3-9H,10H2,1-2H3,(H,17,19,21). The van der Waals surface area contributed by atoms with Crippen LogP contribution >= 0.6 is 23.1 Å². The molecule has 0 radical (unpaired) electrons. The van der Waals surface area contributed by atoms with E-state index in [4.69, 9.17) is 4.74 Å². The molecule has 0 bridgehead atoms. The maximum absolute atomic E-state index is 12.0. The zero-order valence-electron chi connectivity index (χ0n) is 13.2. The Labute approximate surface area is 147 Å².